The van der Waals surface area contributed by atoms with Crippen LogP contribution in [0.25, 0.3) is 0 Å². The van der Waals surface area contributed by atoms with Crippen molar-refractivity contribution in [3.8, 4) is 11.5 Å². The fourth-order valence-corrected chi connectivity index (χ4v) is 3.43. The van der Waals surface area contributed by atoms with Crippen LogP contribution in [0.3, 0.4) is 0 Å². The molecule has 1 atom stereocenters. The molecule has 1 unspecified atom stereocenters. The van der Waals surface area contributed by atoms with Gasteiger partial charge in [-0.2, -0.15) is 0 Å². The number of fused-ring (bicyclic) bond motifs is 1. The third-order valence-corrected chi connectivity index (χ3v) is 5.77. The lowest BCUT2D eigenvalue weighted by atomic mass is 9.78. The van der Waals surface area contributed by atoms with Crippen LogP contribution in [0.1, 0.15) is 40.2 Å². The maximum absolute atomic E-state index is 14.5. The van der Waals surface area contributed by atoms with E-state index in [9.17, 15) is 4.39 Å². The number of ether oxygens (including phenoxy) is 2. The van der Waals surface area contributed by atoms with Crippen molar-refractivity contribution in [2.75, 3.05) is 0 Å². The SMILES string of the molecule is CC1(c2ccc(Cl)cc2F)Oc2cccc(B3OC(C)(C)C(C)(C)O3)c2O1. The van der Waals surface area contributed by atoms with Gasteiger partial charge in [-0.1, -0.05) is 23.7 Å². The second kappa shape index (κ2) is 5.87. The Morgan fingerprint density at radius 3 is 2.22 bits per heavy atom. The molecule has 2 aromatic carbocycles. The zero-order valence-corrected chi connectivity index (χ0v) is 16.7. The number of hydrogen-bond acceptors (Lipinski definition) is 4. The molecule has 0 aliphatic carbocycles. The van der Waals surface area contributed by atoms with Crippen molar-refractivity contribution >= 4 is 24.2 Å². The Balaban J connectivity index is 1.71. The molecule has 1 fully saturated rings. The lowest BCUT2D eigenvalue weighted by Crippen LogP contribution is -2.41. The number of halogens is 2. The van der Waals surface area contributed by atoms with Gasteiger partial charge in [-0.15, -0.1) is 0 Å². The fourth-order valence-electron chi connectivity index (χ4n) is 3.27. The third kappa shape index (κ3) is 2.91. The lowest BCUT2D eigenvalue weighted by Gasteiger charge is -2.32. The van der Waals surface area contributed by atoms with Gasteiger partial charge in [0.15, 0.2) is 11.5 Å². The summed E-state index contributed by atoms with van der Waals surface area (Å²) in [5.41, 5.74) is 0.0175. The van der Waals surface area contributed by atoms with E-state index in [1.165, 1.54) is 6.07 Å². The molecule has 2 aliphatic rings. The van der Waals surface area contributed by atoms with Crippen molar-refractivity contribution in [3.63, 3.8) is 0 Å². The number of benzene rings is 2. The highest BCUT2D eigenvalue weighted by Gasteiger charge is 2.54. The van der Waals surface area contributed by atoms with E-state index >= 15 is 0 Å². The number of para-hydroxylation sites is 1. The molecule has 27 heavy (non-hydrogen) atoms. The van der Waals surface area contributed by atoms with Crippen molar-refractivity contribution < 1.29 is 23.2 Å². The Bertz CT molecular complexity index is 901. The van der Waals surface area contributed by atoms with E-state index in [4.69, 9.17) is 30.4 Å². The van der Waals surface area contributed by atoms with Crippen LogP contribution in [0.15, 0.2) is 36.4 Å². The average Bonchev–Trinajstić information content (AvgIpc) is 3.00. The Morgan fingerprint density at radius 2 is 1.59 bits per heavy atom. The number of rotatable bonds is 2. The van der Waals surface area contributed by atoms with Crippen molar-refractivity contribution in [1.29, 1.82) is 0 Å². The molecule has 4 nitrogen and oxygen atoms in total. The molecular formula is C20H21BClFO4. The maximum atomic E-state index is 14.5. The molecular weight excluding hydrogens is 369 g/mol. The van der Waals surface area contributed by atoms with Crippen LogP contribution < -0.4 is 14.9 Å². The van der Waals surface area contributed by atoms with E-state index < -0.39 is 29.9 Å². The average molecular weight is 391 g/mol. The van der Waals surface area contributed by atoms with Gasteiger partial charge in [-0.05, 0) is 52.0 Å². The van der Waals surface area contributed by atoms with Gasteiger partial charge in [0.05, 0.1) is 16.8 Å². The summed E-state index contributed by atoms with van der Waals surface area (Å²) in [6, 6.07) is 9.91. The number of hydrogen-bond donors (Lipinski definition) is 0. The molecule has 0 saturated carbocycles. The molecule has 0 aromatic heterocycles. The maximum Gasteiger partial charge on any atom is 0.498 e. The minimum Gasteiger partial charge on any atom is -0.445 e. The van der Waals surface area contributed by atoms with Crippen molar-refractivity contribution in [2.45, 2.75) is 51.6 Å². The Labute approximate surface area is 163 Å². The van der Waals surface area contributed by atoms with E-state index in [0.29, 0.717) is 22.0 Å². The monoisotopic (exact) mass is 390 g/mol. The second-order valence-corrected chi connectivity index (χ2v) is 8.47. The first-order chi connectivity index (χ1) is 12.5. The molecule has 0 amide bonds. The quantitative estimate of drug-likeness (QED) is 0.711. The minimum absolute atomic E-state index is 0.267. The highest BCUT2D eigenvalue weighted by atomic mass is 35.5. The molecule has 4 rings (SSSR count). The summed E-state index contributed by atoms with van der Waals surface area (Å²) in [7, 11) is -0.606. The van der Waals surface area contributed by atoms with Crippen LogP contribution in [0.4, 0.5) is 4.39 Å². The zero-order valence-electron chi connectivity index (χ0n) is 15.9. The largest absolute Gasteiger partial charge is 0.498 e. The van der Waals surface area contributed by atoms with Gasteiger partial charge in [-0.3, -0.25) is 0 Å². The Kier molecular flexibility index (Phi) is 4.04. The van der Waals surface area contributed by atoms with E-state index in [0.717, 1.165) is 0 Å². The molecule has 0 N–H and O–H groups in total. The van der Waals surface area contributed by atoms with Crippen molar-refractivity contribution in [1.82, 2.24) is 0 Å². The van der Waals surface area contributed by atoms with Gasteiger partial charge in [0.25, 0.3) is 5.79 Å². The van der Waals surface area contributed by atoms with Crippen LogP contribution in [0, 0.1) is 5.82 Å². The van der Waals surface area contributed by atoms with Crippen LogP contribution in [0.2, 0.25) is 5.02 Å². The van der Waals surface area contributed by atoms with E-state index in [1.54, 1.807) is 25.1 Å². The predicted octanol–water partition coefficient (Wildman–Crippen LogP) is 4.42. The molecule has 0 spiro atoms. The summed E-state index contributed by atoms with van der Waals surface area (Å²) >= 11 is 5.87. The van der Waals surface area contributed by atoms with Crippen molar-refractivity contribution in [2.24, 2.45) is 0 Å². The first-order valence-corrected chi connectivity index (χ1v) is 9.22. The van der Waals surface area contributed by atoms with E-state index in [1.807, 2.05) is 39.8 Å². The second-order valence-electron chi connectivity index (χ2n) is 8.04. The van der Waals surface area contributed by atoms with Crippen LogP contribution in [-0.4, -0.2) is 18.3 Å². The predicted molar refractivity (Wildman–Crippen MR) is 102 cm³/mol. The molecule has 1 saturated heterocycles. The van der Waals surface area contributed by atoms with E-state index in [2.05, 4.69) is 0 Å². The van der Waals surface area contributed by atoms with Crippen LogP contribution in [0.5, 0.6) is 11.5 Å². The Morgan fingerprint density at radius 1 is 0.926 bits per heavy atom. The summed E-state index contributed by atoms with van der Waals surface area (Å²) in [5.74, 6) is -0.793. The topological polar surface area (TPSA) is 36.9 Å². The highest BCUT2D eigenvalue weighted by Crippen LogP contribution is 2.45. The smallest absolute Gasteiger partial charge is 0.445 e. The summed E-state index contributed by atoms with van der Waals surface area (Å²) < 4.78 is 38.9. The lowest BCUT2D eigenvalue weighted by molar-refractivity contribution is -0.0703. The van der Waals surface area contributed by atoms with Gasteiger partial charge in [0, 0.05) is 17.4 Å². The molecule has 0 radical (unpaired) electrons. The zero-order chi connectivity index (χ0) is 19.6. The standard InChI is InChI=1S/C20H21BClFO4/c1-18(2)19(3,4)27-21(26-18)14-7-6-8-16-17(14)25-20(5,24-16)13-10-9-12(22)11-15(13)23/h6-11H,1-5H3. The van der Waals surface area contributed by atoms with Gasteiger partial charge in [0.2, 0.25) is 0 Å². The van der Waals surface area contributed by atoms with E-state index in [-0.39, 0.29) is 5.56 Å². The fraction of sp³-hybridized carbons (Fsp3) is 0.400. The molecule has 2 aromatic rings. The third-order valence-electron chi connectivity index (χ3n) is 5.54. The summed E-state index contributed by atoms with van der Waals surface area (Å²) in [5, 5.41) is 0.313. The Hall–Kier alpha value is -1.76. The van der Waals surface area contributed by atoms with Crippen LogP contribution in [-0.2, 0) is 15.1 Å². The van der Waals surface area contributed by atoms with Crippen molar-refractivity contribution in [3.05, 3.63) is 52.8 Å². The summed E-state index contributed by atoms with van der Waals surface area (Å²) in [4.78, 5) is 0. The first kappa shape index (κ1) is 18.6. The minimum atomic E-state index is -1.31. The highest BCUT2D eigenvalue weighted by molar-refractivity contribution is 6.63. The molecule has 2 heterocycles. The van der Waals surface area contributed by atoms with Gasteiger partial charge < -0.3 is 18.8 Å². The molecule has 0 bridgehead atoms. The molecule has 142 valence electrons. The van der Waals surface area contributed by atoms with Gasteiger partial charge in [0.1, 0.15) is 5.82 Å². The first-order valence-electron chi connectivity index (χ1n) is 8.84. The summed E-state index contributed by atoms with van der Waals surface area (Å²) in [6.45, 7) is 9.62. The van der Waals surface area contributed by atoms with Gasteiger partial charge >= 0.3 is 7.12 Å². The molecule has 2 aliphatic heterocycles. The molecule has 7 heteroatoms. The van der Waals surface area contributed by atoms with Gasteiger partial charge in [-0.25, -0.2) is 4.39 Å². The summed E-state index contributed by atoms with van der Waals surface area (Å²) in [6.07, 6.45) is 0. The normalized spacial score (nSPS) is 25.1. The van der Waals surface area contributed by atoms with Crippen LogP contribution >= 0.6 is 11.6 Å².